The average molecular weight is 714 g/mol. The van der Waals surface area contributed by atoms with E-state index in [-0.39, 0.29) is 0 Å². The summed E-state index contributed by atoms with van der Waals surface area (Å²) in [6.07, 6.45) is 0.498. The van der Waals surface area contributed by atoms with Crippen LogP contribution in [0.15, 0.2) is 55.0 Å². The van der Waals surface area contributed by atoms with Crippen molar-refractivity contribution in [1.82, 2.24) is 29.5 Å². The minimum atomic E-state index is -5.08. The summed E-state index contributed by atoms with van der Waals surface area (Å²) in [6, 6.07) is 14.1. The number of nitrogens with zero attached hydrogens (tertiary/aromatic N) is 6. The van der Waals surface area contributed by atoms with Gasteiger partial charge in [-0.25, -0.2) is 14.8 Å². The van der Waals surface area contributed by atoms with Crippen molar-refractivity contribution < 1.29 is 27.8 Å². The Morgan fingerprint density at radius 1 is 1.08 bits per heavy atom. The molecule has 3 aromatic heterocycles. The number of nitrogens with one attached hydrogen (secondary N) is 1. The van der Waals surface area contributed by atoms with Gasteiger partial charge in [-0.05, 0) is 56.1 Å². The summed E-state index contributed by atoms with van der Waals surface area (Å²) in [4.78, 5) is 25.4. The molecule has 1 saturated heterocycles. The number of alkyl halides is 3. The van der Waals surface area contributed by atoms with E-state index in [1.165, 1.54) is 27.3 Å². The van der Waals surface area contributed by atoms with Crippen molar-refractivity contribution in [3.63, 3.8) is 0 Å². The molecule has 0 amide bonds. The summed E-state index contributed by atoms with van der Waals surface area (Å²) >= 11 is 8.37. The number of ether oxygens (including phenoxy) is 1. The van der Waals surface area contributed by atoms with E-state index >= 15 is 0 Å². The predicted octanol–water partition coefficient (Wildman–Crippen LogP) is 6.82. The number of carboxylic acid groups (broad SMARTS) is 1. The van der Waals surface area contributed by atoms with Crippen LogP contribution in [0.1, 0.15) is 22.4 Å². The fraction of sp³-hybridized carbons (Fsp3) is 0.353. The summed E-state index contributed by atoms with van der Waals surface area (Å²) in [5.41, 5.74) is 7.05. The molecule has 2 aromatic carbocycles. The molecule has 5 aromatic rings. The third-order valence-electron chi connectivity index (χ3n) is 8.53. The number of aromatic nitrogens is 4. The van der Waals surface area contributed by atoms with Gasteiger partial charge in [0, 0.05) is 54.5 Å². The van der Waals surface area contributed by atoms with E-state index in [1.807, 2.05) is 30.5 Å². The van der Waals surface area contributed by atoms with Crippen LogP contribution in [-0.2, 0) is 30.8 Å². The molecule has 0 radical (unpaired) electrons. The number of aryl methyl sites for hydroxylation is 2. The van der Waals surface area contributed by atoms with Crippen LogP contribution in [0.5, 0.6) is 5.75 Å². The number of hydrogen-bond acceptors (Lipinski definition) is 9. The molecule has 0 unspecified atom stereocenters. The van der Waals surface area contributed by atoms with Gasteiger partial charge >= 0.3 is 12.1 Å². The molecule has 1 aliphatic heterocycles. The van der Waals surface area contributed by atoms with Gasteiger partial charge in [-0.2, -0.15) is 18.3 Å². The second kappa shape index (κ2) is 14.7. The van der Waals surface area contributed by atoms with Gasteiger partial charge in [-0.15, -0.1) is 11.3 Å². The van der Waals surface area contributed by atoms with Crippen LogP contribution in [0.4, 0.5) is 24.7 Å². The molecule has 0 spiro atoms. The monoisotopic (exact) mass is 713 g/mol. The quantitative estimate of drug-likeness (QED) is 0.179. The van der Waals surface area contributed by atoms with Gasteiger partial charge in [0.05, 0.1) is 23.2 Å². The maximum absolute atomic E-state index is 10.6. The van der Waals surface area contributed by atoms with Crippen molar-refractivity contribution in [3.05, 3.63) is 82.4 Å². The first-order valence-corrected chi connectivity index (χ1v) is 16.9. The number of piperazine rings is 1. The number of fused-ring (bicyclic) bond motifs is 5. The standard InChI is InChI=1S/C32H34ClN7OS.C2HF3O2/c1-21-4-3-5-22(16-21)19-41-28-9-6-23(17-26(28)33)37-31-29-24-7-8-27-25(30(24)42-32(29)35-20-34-31)18-36-40(27)15-14-39-12-10-38(2)11-13-39;3-2(4,5)1(6)7/h3-6,9,16-18,20H,7-8,10-15,19H2,1-2H3,(H,34,35,37);(H,6,7). The maximum Gasteiger partial charge on any atom is 0.490 e. The van der Waals surface area contributed by atoms with Crippen LogP contribution in [-0.4, -0.2) is 86.6 Å². The van der Waals surface area contributed by atoms with Crippen molar-refractivity contribution in [2.24, 2.45) is 0 Å². The molecular weight excluding hydrogens is 679 g/mol. The predicted molar refractivity (Wildman–Crippen MR) is 184 cm³/mol. The van der Waals surface area contributed by atoms with Crippen molar-refractivity contribution in [2.75, 3.05) is 45.1 Å². The summed E-state index contributed by atoms with van der Waals surface area (Å²) in [5, 5.41) is 17.1. The second-order valence-electron chi connectivity index (χ2n) is 12.0. The van der Waals surface area contributed by atoms with E-state index in [0.29, 0.717) is 17.4 Å². The first kappa shape index (κ1) is 34.6. The van der Waals surface area contributed by atoms with Gasteiger partial charge in [0.15, 0.2) is 0 Å². The molecule has 10 nitrogen and oxygen atoms in total. The highest BCUT2D eigenvalue weighted by atomic mass is 35.5. The van der Waals surface area contributed by atoms with E-state index < -0.39 is 12.1 Å². The van der Waals surface area contributed by atoms with Crippen LogP contribution >= 0.6 is 22.9 Å². The SMILES string of the molecule is Cc1cccc(COc2ccc(Nc3ncnc4sc5c(c34)CCc3c-5cnn3CCN3CCN(C)CC3)cc2Cl)c1.O=C(O)C(F)(F)F. The Morgan fingerprint density at radius 3 is 2.57 bits per heavy atom. The lowest BCUT2D eigenvalue weighted by atomic mass is 9.95. The fourth-order valence-electron chi connectivity index (χ4n) is 5.94. The molecule has 7 rings (SSSR count). The summed E-state index contributed by atoms with van der Waals surface area (Å²) in [5.74, 6) is -1.30. The number of carboxylic acids is 1. The lowest BCUT2D eigenvalue weighted by Gasteiger charge is -2.32. The fourth-order valence-corrected chi connectivity index (χ4v) is 7.40. The Hall–Kier alpha value is -4.24. The topological polar surface area (TPSA) is 109 Å². The van der Waals surface area contributed by atoms with Crippen molar-refractivity contribution in [1.29, 1.82) is 0 Å². The maximum atomic E-state index is 10.6. The zero-order chi connectivity index (χ0) is 34.7. The molecule has 15 heteroatoms. The van der Waals surface area contributed by atoms with Crippen molar-refractivity contribution >= 4 is 50.6 Å². The minimum absolute atomic E-state index is 0.468. The molecule has 1 fully saturated rings. The van der Waals surface area contributed by atoms with Gasteiger partial charge in [-0.1, -0.05) is 41.4 Å². The lowest BCUT2D eigenvalue weighted by Crippen LogP contribution is -2.45. The van der Waals surface area contributed by atoms with E-state index in [2.05, 4.69) is 61.9 Å². The largest absolute Gasteiger partial charge is 0.490 e. The first-order valence-electron chi connectivity index (χ1n) is 15.7. The Balaban J connectivity index is 0.000000540. The third-order valence-corrected chi connectivity index (χ3v) is 10.00. The van der Waals surface area contributed by atoms with E-state index in [4.69, 9.17) is 31.3 Å². The minimum Gasteiger partial charge on any atom is -0.487 e. The zero-order valence-corrected chi connectivity index (χ0v) is 28.5. The van der Waals surface area contributed by atoms with Crippen molar-refractivity contribution in [2.45, 2.75) is 39.1 Å². The zero-order valence-electron chi connectivity index (χ0n) is 26.9. The molecule has 0 bridgehead atoms. The van der Waals surface area contributed by atoms with E-state index in [9.17, 15) is 13.2 Å². The second-order valence-corrected chi connectivity index (χ2v) is 13.4. The highest BCUT2D eigenvalue weighted by Gasteiger charge is 2.38. The van der Waals surface area contributed by atoms with E-state index in [0.717, 1.165) is 79.4 Å². The van der Waals surface area contributed by atoms with Gasteiger partial charge < -0.3 is 20.1 Å². The molecule has 49 heavy (non-hydrogen) atoms. The van der Waals surface area contributed by atoms with Crippen LogP contribution in [0.3, 0.4) is 0 Å². The van der Waals surface area contributed by atoms with Gasteiger partial charge in [0.25, 0.3) is 0 Å². The van der Waals surface area contributed by atoms with Crippen LogP contribution in [0, 0.1) is 6.92 Å². The summed E-state index contributed by atoms with van der Waals surface area (Å²) < 4.78 is 40.0. The number of anilines is 2. The highest BCUT2D eigenvalue weighted by Crippen LogP contribution is 2.45. The molecular formula is C34H35ClF3N7O3S. The molecule has 2 N–H and O–H groups in total. The molecule has 0 atom stereocenters. The number of rotatable bonds is 8. The average Bonchev–Trinajstić information content (AvgIpc) is 3.66. The number of benzene rings is 2. The number of halogens is 4. The highest BCUT2D eigenvalue weighted by molar-refractivity contribution is 7.22. The Morgan fingerprint density at radius 2 is 1.86 bits per heavy atom. The summed E-state index contributed by atoms with van der Waals surface area (Å²) in [6.45, 7) is 9.04. The molecule has 258 valence electrons. The smallest absolute Gasteiger partial charge is 0.487 e. The molecule has 2 aliphatic rings. The lowest BCUT2D eigenvalue weighted by molar-refractivity contribution is -0.192. The molecule has 4 heterocycles. The molecule has 1 aliphatic carbocycles. The Bertz CT molecular complexity index is 1960. The summed E-state index contributed by atoms with van der Waals surface area (Å²) in [7, 11) is 2.20. The third kappa shape index (κ3) is 8.15. The number of carbonyl (C=O) groups is 1. The van der Waals surface area contributed by atoms with Gasteiger partial charge in [-0.3, -0.25) is 9.58 Å². The number of thiophene rings is 1. The number of aliphatic carboxylic acids is 1. The van der Waals surface area contributed by atoms with E-state index in [1.54, 1.807) is 17.7 Å². The Labute approximate surface area is 290 Å². The first-order chi connectivity index (χ1) is 23.5. The number of likely N-dealkylation sites (N-methyl/N-ethyl adjacent to an activating group) is 1. The van der Waals surface area contributed by atoms with Crippen molar-refractivity contribution in [3.8, 4) is 16.2 Å². The van der Waals surface area contributed by atoms with Crippen LogP contribution in [0.2, 0.25) is 5.02 Å². The Kier molecular flexibility index (Phi) is 10.4. The van der Waals surface area contributed by atoms with Gasteiger partial charge in [0.2, 0.25) is 0 Å². The van der Waals surface area contributed by atoms with Gasteiger partial charge in [0.1, 0.15) is 29.3 Å². The van der Waals surface area contributed by atoms with Crippen LogP contribution < -0.4 is 10.1 Å². The molecule has 0 saturated carbocycles. The number of hydrogen-bond donors (Lipinski definition) is 2. The normalized spacial score (nSPS) is 14.9. The van der Waals surface area contributed by atoms with Crippen LogP contribution in [0.25, 0.3) is 20.7 Å².